The predicted octanol–water partition coefficient (Wildman–Crippen LogP) is -2.96. The molecule has 0 fully saturated rings. The normalized spacial score (nSPS) is 13.9. The molecule has 0 aliphatic heterocycles. The van der Waals surface area contributed by atoms with E-state index in [0.717, 1.165) is 0 Å². The van der Waals surface area contributed by atoms with Crippen molar-refractivity contribution in [2.45, 2.75) is 81.7 Å². The molecule has 15 N–H and O–H groups in total. The number of phenolic OH excluding ortho intramolecular Hbond substituents is 1. The van der Waals surface area contributed by atoms with Gasteiger partial charge in [0.1, 0.15) is 36.0 Å². The van der Waals surface area contributed by atoms with E-state index in [9.17, 15) is 58.8 Å². The highest BCUT2D eigenvalue weighted by atomic mass is 16.4. The van der Waals surface area contributed by atoms with Crippen LogP contribution in [0.5, 0.6) is 5.75 Å². The molecule has 21 nitrogen and oxygen atoms in total. The summed E-state index contributed by atoms with van der Waals surface area (Å²) < 4.78 is 0. The Kier molecular flexibility index (Phi) is 18.2. The van der Waals surface area contributed by atoms with Crippen LogP contribution in [0.25, 0.3) is 0 Å². The minimum absolute atomic E-state index is 0.0875. The lowest BCUT2D eigenvalue weighted by Gasteiger charge is -2.26. The van der Waals surface area contributed by atoms with E-state index in [0.29, 0.717) is 17.5 Å². The molecule has 0 radical (unpaired) electrons. The van der Waals surface area contributed by atoms with Gasteiger partial charge < -0.3 is 64.2 Å². The van der Waals surface area contributed by atoms with Crippen molar-refractivity contribution in [3.05, 3.63) is 65.7 Å². The molecule has 5 amide bonds. The third kappa shape index (κ3) is 16.5. The first kappa shape index (κ1) is 45.4. The first-order valence-corrected chi connectivity index (χ1v) is 17.2. The van der Waals surface area contributed by atoms with Gasteiger partial charge in [-0.2, -0.15) is 0 Å². The van der Waals surface area contributed by atoms with Crippen molar-refractivity contribution in [3.63, 3.8) is 0 Å². The molecule has 2 aromatic carbocycles. The zero-order valence-electron chi connectivity index (χ0n) is 30.3. The van der Waals surface area contributed by atoms with Gasteiger partial charge in [-0.05, 0) is 43.0 Å². The van der Waals surface area contributed by atoms with Gasteiger partial charge in [0.15, 0.2) is 5.96 Å². The second-order valence-electron chi connectivity index (χ2n) is 12.6. The third-order valence-electron chi connectivity index (χ3n) is 7.99. The Morgan fingerprint density at radius 2 is 1.09 bits per heavy atom. The second kappa shape index (κ2) is 22.4. The maximum atomic E-state index is 13.7. The molecular weight excluding hydrogens is 738 g/mol. The molecule has 6 atom stereocenters. The number of nitrogens with one attached hydrogen (secondary N) is 5. The SMILES string of the molecule is C[C@H](NC(=O)[C@@H](N)CCCN=C(N)N)C(=O)N[C@@H](CC(=O)O)C(=O)N[C@@H](Cc1ccccc1)C(=O)N[C@@H](CC(=O)O)C(=O)N[C@@H](Cc1ccc(O)cc1)C(=O)O. The van der Waals surface area contributed by atoms with Crippen molar-refractivity contribution in [1.82, 2.24) is 26.6 Å². The number of amides is 5. The summed E-state index contributed by atoms with van der Waals surface area (Å²) in [6.45, 7) is 1.46. The first-order valence-electron chi connectivity index (χ1n) is 17.2. The van der Waals surface area contributed by atoms with Crippen LogP contribution in [0.4, 0.5) is 0 Å². The molecule has 0 aliphatic carbocycles. The highest BCUT2D eigenvalue weighted by Gasteiger charge is 2.34. The number of aromatic hydroxyl groups is 1. The van der Waals surface area contributed by atoms with Gasteiger partial charge in [0, 0.05) is 19.4 Å². The average molecular weight is 786 g/mol. The van der Waals surface area contributed by atoms with Gasteiger partial charge >= 0.3 is 17.9 Å². The summed E-state index contributed by atoms with van der Waals surface area (Å²) in [5.41, 5.74) is 17.3. The van der Waals surface area contributed by atoms with Crippen LogP contribution in [0.1, 0.15) is 43.7 Å². The molecule has 0 heterocycles. The zero-order chi connectivity index (χ0) is 41.9. The van der Waals surface area contributed by atoms with Gasteiger partial charge in [0.25, 0.3) is 0 Å². The average Bonchev–Trinajstić information content (AvgIpc) is 3.12. The Morgan fingerprint density at radius 1 is 0.625 bits per heavy atom. The Bertz CT molecular complexity index is 1740. The smallest absolute Gasteiger partial charge is 0.326 e. The molecule has 56 heavy (non-hydrogen) atoms. The molecule has 0 saturated heterocycles. The molecule has 0 aliphatic rings. The van der Waals surface area contributed by atoms with E-state index in [1.54, 1.807) is 30.3 Å². The van der Waals surface area contributed by atoms with Crippen molar-refractivity contribution in [2.75, 3.05) is 6.54 Å². The van der Waals surface area contributed by atoms with Gasteiger partial charge in [-0.15, -0.1) is 0 Å². The van der Waals surface area contributed by atoms with Crippen LogP contribution in [0.2, 0.25) is 0 Å². The summed E-state index contributed by atoms with van der Waals surface area (Å²) in [6, 6.07) is 4.30. The molecule has 0 spiro atoms. The molecule has 21 heteroatoms. The largest absolute Gasteiger partial charge is 0.508 e. The van der Waals surface area contributed by atoms with Crippen molar-refractivity contribution >= 4 is 53.4 Å². The molecular formula is C35H47N9O12. The number of nitrogens with two attached hydrogens (primary N) is 3. The molecule has 0 saturated carbocycles. The van der Waals surface area contributed by atoms with Crippen molar-refractivity contribution in [1.29, 1.82) is 0 Å². The number of aliphatic carboxylic acids is 3. The fourth-order valence-corrected chi connectivity index (χ4v) is 5.04. The van der Waals surface area contributed by atoms with E-state index in [1.165, 1.54) is 31.2 Å². The number of carbonyl (C=O) groups excluding carboxylic acids is 5. The summed E-state index contributed by atoms with van der Waals surface area (Å²) >= 11 is 0. The number of hydrogen-bond donors (Lipinski definition) is 12. The van der Waals surface area contributed by atoms with Gasteiger partial charge in [-0.3, -0.25) is 38.6 Å². The topological polar surface area (TPSA) is 368 Å². The van der Waals surface area contributed by atoms with Crippen molar-refractivity contribution in [2.24, 2.45) is 22.2 Å². The zero-order valence-corrected chi connectivity index (χ0v) is 30.3. The summed E-state index contributed by atoms with van der Waals surface area (Å²) in [5.74, 6) is -9.93. The summed E-state index contributed by atoms with van der Waals surface area (Å²) in [5, 5.41) is 49.7. The Morgan fingerprint density at radius 3 is 1.61 bits per heavy atom. The fraction of sp³-hybridized carbons (Fsp3) is 0.400. The minimum Gasteiger partial charge on any atom is -0.508 e. The fourth-order valence-electron chi connectivity index (χ4n) is 5.04. The standard InChI is InChI=1S/C35H47N9O12/c1-18(40-30(51)22(36)8-5-13-39-35(37)38)29(50)41-24(16-27(46)47)32(53)42-23(14-19-6-3-2-4-7-19)31(52)43-25(17-28(48)49)33(54)44-26(34(55)56)15-20-9-11-21(45)12-10-20/h2-4,6-7,9-12,18,22-26,45H,5,8,13-17,36H2,1H3,(H,40,51)(H,41,50)(H,42,53)(H,43,52)(H,44,54)(H,46,47)(H,48,49)(H,55,56)(H4,37,38,39)/t18-,22-,23-,24-,25-,26-/m0/s1. The lowest BCUT2D eigenvalue weighted by Crippen LogP contribution is -2.60. The maximum absolute atomic E-state index is 13.7. The van der Waals surface area contributed by atoms with Crippen LogP contribution in [-0.2, 0) is 51.2 Å². The second-order valence-corrected chi connectivity index (χ2v) is 12.6. The number of aliphatic imine (C=N–C) groups is 1. The molecule has 0 bridgehead atoms. The maximum Gasteiger partial charge on any atom is 0.326 e. The van der Waals surface area contributed by atoms with Crippen molar-refractivity contribution < 1.29 is 58.8 Å². The Balaban J connectivity index is 2.26. The number of hydrogen-bond acceptors (Lipinski definition) is 11. The number of nitrogens with zero attached hydrogens (tertiary/aromatic N) is 1. The van der Waals surface area contributed by atoms with Gasteiger partial charge in [0.2, 0.25) is 29.5 Å². The number of carboxylic acids is 3. The van der Waals surface area contributed by atoms with Crippen LogP contribution in [0.3, 0.4) is 0 Å². The van der Waals surface area contributed by atoms with E-state index < -0.39 is 96.5 Å². The van der Waals surface area contributed by atoms with Crippen LogP contribution in [0, 0.1) is 0 Å². The summed E-state index contributed by atoms with van der Waals surface area (Å²) in [7, 11) is 0. The van der Waals surface area contributed by atoms with Gasteiger partial charge in [-0.25, -0.2) is 4.79 Å². The molecule has 2 rings (SSSR count). The summed E-state index contributed by atoms with van der Waals surface area (Å²) in [6.07, 6.45) is -2.01. The van der Waals surface area contributed by atoms with E-state index in [1.807, 2.05) is 0 Å². The minimum atomic E-state index is -1.85. The monoisotopic (exact) mass is 785 g/mol. The van der Waals surface area contributed by atoms with E-state index in [2.05, 4.69) is 31.6 Å². The molecule has 2 aromatic rings. The quantitative estimate of drug-likeness (QED) is 0.0304. The van der Waals surface area contributed by atoms with E-state index >= 15 is 0 Å². The van der Waals surface area contributed by atoms with Crippen LogP contribution >= 0.6 is 0 Å². The van der Waals surface area contributed by atoms with Gasteiger partial charge in [0.05, 0.1) is 18.9 Å². The number of carboxylic acid groups (broad SMARTS) is 3. The van der Waals surface area contributed by atoms with E-state index in [4.69, 9.17) is 17.2 Å². The Labute approximate surface area is 320 Å². The summed E-state index contributed by atoms with van der Waals surface area (Å²) in [4.78, 5) is 105. The lowest BCUT2D eigenvalue weighted by atomic mass is 10.0. The third-order valence-corrected chi connectivity index (χ3v) is 7.99. The number of guanidine groups is 1. The van der Waals surface area contributed by atoms with Crippen molar-refractivity contribution in [3.8, 4) is 5.75 Å². The van der Waals surface area contributed by atoms with Crippen LogP contribution in [-0.4, -0.2) is 117 Å². The first-order chi connectivity index (χ1) is 26.4. The number of benzene rings is 2. The Hall–Kier alpha value is -6.77. The highest BCUT2D eigenvalue weighted by Crippen LogP contribution is 2.12. The predicted molar refractivity (Wildman–Crippen MR) is 197 cm³/mol. The number of phenols is 1. The van der Waals surface area contributed by atoms with Gasteiger partial charge in [-0.1, -0.05) is 42.5 Å². The number of rotatable bonds is 23. The van der Waals surface area contributed by atoms with E-state index in [-0.39, 0.29) is 37.5 Å². The molecule has 0 unspecified atom stereocenters. The molecule has 304 valence electrons. The van der Waals surface area contributed by atoms with Crippen LogP contribution < -0.4 is 43.8 Å². The number of carbonyl (C=O) groups is 8. The van der Waals surface area contributed by atoms with Crippen LogP contribution in [0.15, 0.2) is 59.6 Å². The highest BCUT2D eigenvalue weighted by molar-refractivity contribution is 5.98. The lowest BCUT2D eigenvalue weighted by molar-refractivity contribution is -0.143. The molecule has 0 aromatic heterocycles.